The Morgan fingerprint density at radius 3 is 1.25 bits per heavy atom. The molecule has 0 bridgehead atoms. The summed E-state index contributed by atoms with van der Waals surface area (Å²) < 4.78 is 17.4. The van der Waals surface area contributed by atoms with Gasteiger partial charge in [-0.15, -0.1) is 0 Å². The summed E-state index contributed by atoms with van der Waals surface area (Å²) in [5.74, 6) is -0.429. The normalized spacial score (nSPS) is 12.8. The van der Waals surface area contributed by atoms with Crippen molar-refractivity contribution in [3.05, 3.63) is 72.9 Å². The Balaban J connectivity index is 4.32. The van der Waals surface area contributed by atoms with Crippen LogP contribution in [0.3, 0.4) is 0 Å². The minimum atomic E-state index is -0.554. The SMILES string of the molecule is CC/C=C\C/C=C\C/C=C\CCCCCCCCOCC(COC(=O)CCCCCCC/C=C\C/C=C\CCCCC)OC(=O)CCCCCCC/C=C\CCCCCC. The summed E-state index contributed by atoms with van der Waals surface area (Å²) in [7, 11) is 0. The van der Waals surface area contributed by atoms with Crippen LogP contribution < -0.4 is 0 Å². The van der Waals surface area contributed by atoms with E-state index in [2.05, 4.69) is 93.7 Å². The summed E-state index contributed by atoms with van der Waals surface area (Å²) in [4.78, 5) is 25.4. The van der Waals surface area contributed by atoms with Gasteiger partial charge in [-0.3, -0.25) is 9.59 Å². The molecule has 346 valence electrons. The molecule has 0 aromatic carbocycles. The second-order valence-electron chi connectivity index (χ2n) is 16.7. The van der Waals surface area contributed by atoms with E-state index < -0.39 is 6.10 Å². The van der Waals surface area contributed by atoms with Crippen molar-refractivity contribution in [1.82, 2.24) is 0 Å². The number of ether oxygens (including phenoxy) is 3. The monoisotopic (exact) mass is 837 g/mol. The number of hydrogen-bond acceptors (Lipinski definition) is 5. The average Bonchev–Trinajstić information content (AvgIpc) is 3.25. The van der Waals surface area contributed by atoms with Crippen LogP contribution in [0, 0.1) is 0 Å². The van der Waals surface area contributed by atoms with Gasteiger partial charge in [0, 0.05) is 19.4 Å². The van der Waals surface area contributed by atoms with Crippen molar-refractivity contribution in [3.63, 3.8) is 0 Å². The number of esters is 2. The molecule has 0 aromatic heterocycles. The van der Waals surface area contributed by atoms with Crippen LogP contribution in [0.15, 0.2) is 72.9 Å². The Labute approximate surface area is 372 Å². The molecule has 0 saturated carbocycles. The second kappa shape index (κ2) is 50.7. The molecule has 0 spiro atoms. The number of allylic oxidation sites excluding steroid dienone is 12. The highest BCUT2D eigenvalue weighted by molar-refractivity contribution is 5.70. The number of rotatable bonds is 46. The van der Waals surface area contributed by atoms with E-state index in [9.17, 15) is 9.59 Å². The number of unbranched alkanes of at least 4 members (excludes halogenated alkanes) is 23. The number of hydrogen-bond donors (Lipinski definition) is 0. The van der Waals surface area contributed by atoms with Gasteiger partial charge in [-0.2, -0.15) is 0 Å². The molecule has 0 aliphatic carbocycles. The molecule has 0 saturated heterocycles. The lowest BCUT2D eigenvalue weighted by atomic mass is 10.1. The van der Waals surface area contributed by atoms with Gasteiger partial charge in [0.15, 0.2) is 6.10 Å². The zero-order valence-corrected chi connectivity index (χ0v) is 39.7. The highest BCUT2D eigenvalue weighted by atomic mass is 16.6. The third-order valence-electron chi connectivity index (χ3n) is 10.7. The molecule has 0 aromatic rings. The smallest absolute Gasteiger partial charge is 0.306 e. The van der Waals surface area contributed by atoms with E-state index in [0.29, 0.717) is 19.4 Å². The second-order valence-corrected chi connectivity index (χ2v) is 16.7. The van der Waals surface area contributed by atoms with E-state index in [1.165, 1.54) is 109 Å². The quantitative estimate of drug-likeness (QED) is 0.0347. The Hall–Kier alpha value is -2.66. The van der Waals surface area contributed by atoms with Gasteiger partial charge in [-0.05, 0) is 109 Å². The largest absolute Gasteiger partial charge is 0.462 e. The van der Waals surface area contributed by atoms with Gasteiger partial charge in [-0.25, -0.2) is 0 Å². The molecular formula is C55H96O5. The molecule has 0 rings (SSSR count). The minimum Gasteiger partial charge on any atom is -0.462 e. The average molecular weight is 837 g/mol. The predicted octanol–water partition coefficient (Wildman–Crippen LogP) is 17.1. The molecule has 0 heterocycles. The van der Waals surface area contributed by atoms with Crippen LogP contribution in [0.5, 0.6) is 0 Å². The van der Waals surface area contributed by atoms with E-state index in [0.717, 1.165) is 96.3 Å². The molecule has 60 heavy (non-hydrogen) atoms. The topological polar surface area (TPSA) is 61.8 Å². The highest BCUT2D eigenvalue weighted by Gasteiger charge is 2.17. The highest BCUT2D eigenvalue weighted by Crippen LogP contribution is 2.13. The summed E-state index contributed by atoms with van der Waals surface area (Å²) in [6.45, 7) is 7.63. The molecule has 0 N–H and O–H groups in total. The van der Waals surface area contributed by atoms with Crippen molar-refractivity contribution in [3.8, 4) is 0 Å². The molecule has 0 aliphatic heterocycles. The molecule has 0 amide bonds. The Kier molecular flexibility index (Phi) is 48.4. The Morgan fingerprint density at radius 1 is 0.383 bits per heavy atom. The van der Waals surface area contributed by atoms with Crippen molar-refractivity contribution < 1.29 is 23.8 Å². The van der Waals surface area contributed by atoms with E-state index in [-0.39, 0.29) is 25.2 Å². The zero-order valence-electron chi connectivity index (χ0n) is 39.7. The maximum Gasteiger partial charge on any atom is 0.306 e. The minimum absolute atomic E-state index is 0.0675. The van der Waals surface area contributed by atoms with E-state index in [1.807, 2.05) is 0 Å². The maximum atomic E-state index is 12.8. The van der Waals surface area contributed by atoms with Crippen LogP contribution in [-0.2, 0) is 23.8 Å². The van der Waals surface area contributed by atoms with E-state index in [4.69, 9.17) is 14.2 Å². The first-order chi connectivity index (χ1) is 29.6. The van der Waals surface area contributed by atoms with Gasteiger partial charge in [0.2, 0.25) is 0 Å². The van der Waals surface area contributed by atoms with Crippen LogP contribution in [0.4, 0.5) is 0 Å². The summed E-state index contributed by atoms with van der Waals surface area (Å²) >= 11 is 0. The fourth-order valence-corrected chi connectivity index (χ4v) is 6.90. The first-order valence-corrected chi connectivity index (χ1v) is 25.5. The van der Waals surface area contributed by atoms with Gasteiger partial charge in [0.1, 0.15) is 6.61 Å². The van der Waals surface area contributed by atoms with E-state index >= 15 is 0 Å². The van der Waals surface area contributed by atoms with E-state index in [1.54, 1.807) is 0 Å². The lowest BCUT2D eigenvalue weighted by Crippen LogP contribution is -2.30. The van der Waals surface area contributed by atoms with Crippen molar-refractivity contribution >= 4 is 11.9 Å². The standard InChI is InChI=1S/C55H96O5/c1-4-7-10-13-16-19-22-25-27-29-32-35-38-41-44-47-50-58-51-53(60-55(57)49-46-43-40-37-34-30-24-21-18-15-12-9-6-3)52-59-54(56)48-45-42-39-36-33-31-28-26-23-20-17-14-11-8-5-2/h7,10,16-17,19-21,24-28,53H,4-6,8-9,11-15,18,22-23,29-52H2,1-3H3/b10-7-,19-16-,20-17-,24-21-,27-25-,28-26-. The fourth-order valence-electron chi connectivity index (χ4n) is 6.90. The Morgan fingerprint density at radius 2 is 0.750 bits per heavy atom. The third kappa shape index (κ3) is 48.0. The van der Waals surface area contributed by atoms with Gasteiger partial charge in [0.05, 0.1) is 6.61 Å². The Bertz CT molecular complexity index is 1080. The first-order valence-electron chi connectivity index (χ1n) is 25.5. The zero-order chi connectivity index (χ0) is 43.5. The maximum absolute atomic E-state index is 12.8. The molecule has 0 radical (unpaired) electrons. The molecule has 1 unspecified atom stereocenters. The van der Waals surface area contributed by atoms with Crippen LogP contribution >= 0.6 is 0 Å². The molecule has 5 heteroatoms. The third-order valence-corrected chi connectivity index (χ3v) is 10.7. The predicted molar refractivity (Wildman–Crippen MR) is 260 cm³/mol. The number of carbonyl (C=O) groups is 2. The van der Waals surface area contributed by atoms with Gasteiger partial charge >= 0.3 is 11.9 Å². The van der Waals surface area contributed by atoms with Gasteiger partial charge in [-0.1, -0.05) is 190 Å². The van der Waals surface area contributed by atoms with Crippen molar-refractivity contribution in [2.45, 2.75) is 245 Å². The molecule has 5 nitrogen and oxygen atoms in total. The molecule has 1 atom stereocenters. The molecule has 0 aliphatic rings. The summed E-state index contributed by atoms with van der Waals surface area (Å²) in [5, 5.41) is 0. The summed E-state index contributed by atoms with van der Waals surface area (Å²) in [5.41, 5.74) is 0. The first kappa shape index (κ1) is 57.3. The molecular weight excluding hydrogens is 741 g/mol. The van der Waals surface area contributed by atoms with Crippen molar-refractivity contribution in [2.24, 2.45) is 0 Å². The summed E-state index contributed by atoms with van der Waals surface area (Å²) in [6, 6.07) is 0. The van der Waals surface area contributed by atoms with Crippen molar-refractivity contribution in [1.29, 1.82) is 0 Å². The lowest BCUT2D eigenvalue weighted by molar-refractivity contribution is -0.163. The van der Waals surface area contributed by atoms with Crippen LogP contribution in [0.2, 0.25) is 0 Å². The molecule has 0 fully saturated rings. The van der Waals surface area contributed by atoms with Gasteiger partial charge in [0.25, 0.3) is 0 Å². The lowest BCUT2D eigenvalue weighted by Gasteiger charge is -2.18. The fraction of sp³-hybridized carbons (Fsp3) is 0.745. The summed E-state index contributed by atoms with van der Waals surface area (Å²) in [6.07, 6.45) is 64.7. The van der Waals surface area contributed by atoms with Crippen LogP contribution in [0.1, 0.15) is 239 Å². The van der Waals surface area contributed by atoms with Gasteiger partial charge < -0.3 is 14.2 Å². The van der Waals surface area contributed by atoms with Crippen LogP contribution in [0.25, 0.3) is 0 Å². The number of carbonyl (C=O) groups excluding carboxylic acids is 2. The van der Waals surface area contributed by atoms with Crippen LogP contribution in [-0.4, -0.2) is 37.9 Å². The van der Waals surface area contributed by atoms with Crippen molar-refractivity contribution in [2.75, 3.05) is 19.8 Å².